The summed E-state index contributed by atoms with van der Waals surface area (Å²) in [6.07, 6.45) is -9.08. The van der Waals surface area contributed by atoms with Crippen LogP contribution in [-0.2, 0) is 30.2 Å². The molecular formula is C36H59NO11. The SMILES string of the molecule is CC[C@H]1OC(=O)[C@H](C)[C@@H](O)[C@H](C)[C@@H](O[C@@H]2O[C@H](C)C[C@H](N(C)C(=O)Cc3ccccc3)[C@H]2O)[C@](C)(O)C[C@@H](C)[C@H](O)[C@H](C)[C@@H](O)[C@]1(C)O. The van der Waals surface area contributed by atoms with E-state index < -0.39 is 95.9 Å². The number of ether oxygens (including phenoxy) is 3. The summed E-state index contributed by atoms with van der Waals surface area (Å²) < 4.78 is 18.1. The number of carbonyl (C=O) groups is 2. The zero-order valence-corrected chi connectivity index (χ0v) is 29.9. The van der Waals surface area contributed by atoms with Gasteiger partial charge in [-0.2, -0.15) is 0 Å². The molecule has 12 nitrogen and oxygen atoms in total. The topological polar surface area (TPSA) is 186 Å². The summed E-state index contributed by atoms with van der Waals surface area (Å²) in [6, 6.07) is 8.58. The van der Waals surface area contributed by atoms with Crippen LogP contribution in [0.15, 0.2) is 30.3 Å². The smallest absolute Gasteiger partial charge is 0.311 e. The summed E-state index contributed by atoms with van der Waals surface area (Å²) in [5, 5.41) is 68.9. The highest BCUT2D eigenvalue weighted by Crippen LogP contribution is 2.38. The van der Waals surface area contributed by atoms with Gasteiger partial charge in [-0.1, -0.05) is 58.0 Å². The van der Waals surface area contributed by atoms with Crippen LogP contribution < -0.4 is 0 Å². The zero-order chi connectivity index (χ0) is 36.3. The molecule has 2 aliphatic heterocycles. The van der Waals surface area contributed by atoms with Crippen molar-refractivity contribution < 1.29 is 54.4 Å². The van der Waals surface area contributed by atoms with Gasteiger partial charge in [0.05, 0.1) is 54.5 Å². The standard InChI is InChI=1S/C36H59NO11/c1-10-26-36(8,45)31(42)21(4)28(39)19(2)18-35(7,44)32(22(5)29(40)23(6)33(43)47-26)48-34-30(41)25(16-20(3)46-34)37(9)27(38)17-24-14-12-11-13-15-24/h11-15,19-23,25-26,28-32,34,39-42,44-45H,10,16-18H2,1-9H3/t19-,20-,21+,22+,23-,25+,26-,28+,29+,30-,31-,32-,34+,35-,36-/m1/s1. The molecule has 2 saturated heterocycles. The molecule has 1 amide bonds. The summed E-state index contributed by atoms with van der Waals surface area (Å²) in [7, 11) is 1.62. The van der Waals surface area contributed by atoms with Crippen LogP contribution in [0.5, 0.6) is 0 Å². The van der Waals surface area contributed by atoms with Crippen LogP contribution in [0.3, 0.4) is 0 Å². The molecule has 1 aromatic carbocycles. The minimum atomic E-state index is -1.92. The van der Waals surface area contributed by atoms with Gasteiger partial charge in [-0.05, 0) is 58.4 Å². The number of amides is 1. The van der Waals surface area contributed by atoms with Crippen LogP contribution >= 0.6 is 0 Å². The predicted octanol–water partition coefficient (Wildman–Crippen LogP) is 1.79. The van der Waals surface area contributed by atoms with Gasteiger partial charge in [-0.3, -0.25) is 9.59 Å². The van der Waals surface area contributed by atoms with Crippen molar-refractivity contribution >= 4 is 11.9 Å². The normalized spacial score (nSPS) is 43.6. The highest BCUT2D eigenvalue weighted by atomic mass is 16.7. The molecule has 6 N–H and O–H groups in total. The Hall–Kier alpha value is -2.16. The molecule has 3 rings (SSSR count). The highest BCUT2D eigenvalue weighted by molar-refractivity contribution is 5.79. The van der Waals surface area contributed by atoms with Gasteiger partial charge in [0, 0.05) is 18.9 Å². The number of aliphatic hydroxyl groups excluding tert-OH is 4. The summed E-state index contributed by atoms with van der Waals surface area (Å²) in [4.78, 5) is 28.1. The first-order valence-electron chi connectivity index (χ1n) is 17.2. The Balaban J connectivity index is 1.96. The predicted molar refractivity (Wildman–Crippen MR) is 177 cm³/mol. The summed E-state index contributed by atoms with van der Waals surface area (Å²) in [5.41, 5.74) is -2.87. The van der Waals surface area contributed by atoms with Crippen molar-refractivity contribution in [1.29, 1.82) is 0 Å². The number of hydrogen-bond acceptors (Lipinski definition) is 11. The summed E-state index contributed by atoms with van der Waals surface area (Å²) >= 11 is 0. The zero-order valence-electron chi connectivity index (χ0n) is 29.9. The lowest BCUT2D eigenvalue weighted by Gasteiger charge is -2.48. The van der Waals surface area contributed by atoms with E-state index in [0.717, 1.165) is 5.56 Å². The minimum absolute atomic E-state index is 0.0810. The van der Waals surface area contributed by atoms with Crippen LogP contribution in [0.1, 0.15) is 80.2 Å². The Bertz CT molecular complexity index is 1200. The molecular weight excluding hydrogens is 622 g/mol. The summed E-state index contributed by atoms with van der Waals surface area (Å²) in [6.45, 7) is 12.6. The van der Waals surface area contributed by atoms with Gasteiger partial charge < -0.3 is 49.7 Å². The maximum atomic E-state index is 13.3. The third kappa shape index (κ3) is 8.95. The van der Waals surface area contributed by atoms with Crippen molar-refractivity contribution in [2.45, 2.75) is 147 Å². The third-order valence-electron chi connectivity index (χ3n) is 10.7. The second-order valence-electron chi connectivity index (χ2n) is 14.9. The molecule has 2 fully saturated rings. The lowest BCUT2D eigenvalue weighted by atomic mass is 9.73. The number of benzene rings is 1. The van der Waals surface area contributed by atoms with Gasteiger partial charge in [0.1, 0.15) is 17.8 Å². The molecule has 0 unspecified atom stereocenters. The van der Waals surface area contributed by atoms with E-state index in [4.69, 9.17) is 14.2 Å². The van der Waals surface area contributed by atoms with Crippen LogP contribution in [0, 0.1) is 23.7 Å². The third-order valence-corrected chi connectivity index (χ3v) is 10.7. The number of likely N-dealkylation sites (N-methyl/N-ethyl adjacent to an activating group) is 1. The van der Waals surface area contributed by atoms with E-state index in [1.807, 2.05) is 30.3 Å². The number of rotatable bonds is 6. The highest BCUT2D eigenvalue weighted by Gasteiger charge is 2.51. The van der Waals surface area contributed by atoms with Crippen LogP contribution in [0.2, 0.25) is 0 Å². The largest absolute Gasteiger partial charge is 0.459 e. The van der Waals surface area contributed by atoms with E-state index in [1.165, 1.54) is 25.7 Å². The Morgan fingerprint density at radius 3 is 2.15 bits per heavy atom. The number of aliphatic hydroxyl groups is 6. The minimum Gasteiger partial charge on any atom is -0.459 e. The number of nitrogens with zero attached hydrogens (tertiary/aromatic N) is 1. The van der Waals surface area contributed by atoms with Gasteiger partial charge in [0.25, 0.3) is 0 Å². The molecule has 274 valence electrons. The molecule has 0 spiro atoms. The molecule has 2 aliphatic rings. The van der Waals surface area contributed by atoms with E-state index in [9.17, 15) is 40.2 Å². The summed E-state index contributed by atoms with van der Waals surface area (Å²) in [5.74, 6) is -4.66. The molecule has 12 heteroatoms. The Kier molecular flexibility index (Phi) is 13.6. The monoisotopic (exact) mass is 681 g/mol. The Labute approximate surface area is 285 Å². The number of hydrogen-bond donors (Lipinski definition) is 6. The van der Waals surface area contributed by atoms with Crippen LogP contribution in [0.4, 0.5) is 0 Å². The van der Waals surface area contributed by atoms with Crippen molar-refractivity contribution in [3.8, 4) is 0 Å². The molecule has 0 radical (unpaired) electrons. The van der Waals surface area contributed by atoms with E-state index in [0.29, 0.717) is 6.42 Å². The van der Waals surface area contributed by atoms with Crippen LogP contribution in [0.25, 0.3) is 0 Å². The average Bonchev–Trinajstić information content (AvgIpc) is 3.04. The number of cyclic esters (lactones) is 1. The average molecular weight is 682 g/mol. The van der Waals surface area contributed by atoms with E-state index >= 15 is 0 Å². The van der Waals surface area contributed by atoms with Gasteiger partial charge in [0.2, 0.25) is 5.91 Å². The fraction of sp³-hybridized carbons (Fsp3) is 0.778. The van der Waals surface area contributed by atoms with Crippen LogP contribution in [-0.4, -0.2) is 121 Å². The van der Waals surface area contributed by atoms with Gasteiger partial charge >= 0.3 is 5.97 Å². The van der Waals surface area contributed by atoms with Crippen molar-refractivity contribution in [3.05, 3.63) is 35.9 Å². The van der Waals surface area contributed by atoms with Crippen molar-refractivity contribution in [2.24, 2.45) is 23.7 Å². The fourth-order valence-electron chi connectivity index (χ4n) is 7.54. The molecule has 15 atom stereocenters. The molecule has 0 bridgehead atoms. The second kappa shape index (κ2) is 16.2. The Morgan fingerprint density at radius 1 is 0.958 bits per heavy atom. The first kappa shape index (κ1) is 40.3. The van der Waals surface area contributed by atoms with Gasteiger partial charge in [-0.15, -0.1) is 0 Å². The fourth-order valence-corrected chi connectivity index (χ4v) is 7.54. The van der Waals surface area contributed by atoms with E-state index in [2.05, 4.69) is 0 Å². The van der Waals surface area contributed by atoms with Gasteiger partial charge in [-0.25, -0.2) is 0 Å². The lowest BCUT2D eigenvalue weighted by Crippen LogP contribution is -2.61. The molecule has 48 heavy (non-hydrogen) atoms. The van der Waals surface area contributed by atoms with Crippen molar-refractivity contribution in [2.75, 3.05) is 7.05 Å². The maximum absolute atomic E-state index is 13.3. The number of esters is 1. The molecule has 2 heterocycles. The first-order chi connectivity index (χ1) is 22.2. The molecule has 0 saturated carbocycles. The molecule has 0 aliphatic carbocycles. The van der Waals surface area contributed by atoms with Gasteiger partial charge in [0.15, 0.2) is 6.29 Å². The molecule has 1 aromatic rings. The quantitative estimate of drug-likeness (QED) is 0.241. The molecule has 0 aromatic heterocycles. The first-order valence-corrected chi connectivity index (χ1v) is 17.2. The maximum Gasteiger partial charge on any atom is 0.311 e. The lowest BCUT2D eigenvalue weighted by molar-refractivity contribution is -0.299. The van der Waals surface area contributed by atoms with E-state index in [-0.39, 0.29) is 25.2 Å². The van der Waals surface area contributed by atoms with E-state index in [1.54, 1.807) is 41.7 Å². The Morgan fingerprint density at radius 2 is 1.56 bits per heavy atom. The second-order valence-corrected chi connectivity index (χ2v) is 14.9. The number of carbonyl (C=O) groups excluding carboxylic acids is 2. The van der Waals surface area contributed by atoms with Crippen molar-refractivity contribution in [1.82, 2.24) is 4.90 Å². The van der Waals surface area contributed by atoms with Crippen molar-refractivity contribution in [3.63, 3.8) is 0 Å².